The molecule has 0 aliphatic carbocycles. The van der Waals surface area contributed by atoms with Gasteiger partial charge in [-0.05, 0) is 61.1 Å². The van der Waals surface area contributed by atoms with Crippen LogP contribution in [-0.2, 0) is 12.8 Å². The number of amides is 2. The molecule has 0 spiro atoms. The minimum absolute atomic E-state index is 0.193. The van der Waals surface area contributed by atoms with Crippen molar-refractivity contribution in [2.45, 2.75) is 129 Å². The average Bonchev–Trinajstić information content (AvgIpc) is 2.89. The summed E-state index contributed by atoms with van der Waals surface area (Å²) in [4.78, 5) is 12.4. The maximum absolute atomic E-state index is 12.4. The Morgan fingerprint density at radius 3 is 1.11 bits per heavy atom. The number of aryl methyl sites for hydroxylation is 2. The molecule has 0 saturated heterocycles. The van der Waals surface area contributed by atoms with Gasteiger partial charge < -0.3 is 10.6 Å². The SMILES string of the molecule is CCCCCCCCCCc1ccc(NC(=O)Nc2ccc(CCCCCCCCCC)cc2)cc1. The van der Waals surface area contributed by atoms with E-state index in [1.165, 1.54) is 114 Å². The van der Waals surface area contributed by atoms with Crippen LogP contribution in [-0.4, -0.2) is 6.03 Å². The van der Waals surface area contributed by atoms with Crippen LogP contribution in [0.25, 0.3) is 0 Å². The van der Waals surface area contributed by atoms with E-state index >= 15 is 0 Å². The molecule has 0 saturated carbocycles. The van der Waals surface area contributed by atoms with Gasteiger partial charge in [0.15, 0.2) is 0 Å². The molecule has 0 fully saturated rings. The van der Waals surface area contributed by atoms with Crippen LogP contribution in [0.4, 0.5) is 16.2 Å². The largest absolute Gasteiger partial charge is 0.323 e. The van der Waals surface area contributed by atoms with Crippen LogP contribution < -0.4 is 10.6 Å². The van der Waals surface area contributed by atoms with Crippen LogP contribution in [0.3, 0.4) is 0 Å². The summed E-state index contributed by atoms with van der Waals surface area (Å²) in [6, 6.07) is 16.4. The monoisotopic (exact) mass is 492 g/mol. The van der Waals surface area contributed by atoms with Crippen LogP contribution in [0.15, 0.2) is 48.5 Å². The molecule has 3 nitrogen and oxygen atoms in total. The summed E-state index contributed by atoms with van der Waals surface area (Å²) in [5, 5.41) is 5.90. The summed E-state index contributed by atoms with van der Waals surface area (Å²) < 4.78 is 0. The smallest absolute Gasteiger partial charge is 0.308 e. The number of carbonyl (C=O) groups excluding carboxylic acids is 1. The zero-order valence-corrected chi connectivity index (χ0v) is 23.3. The highest BCUT2D eigenvalue weighted by molar-refractivity contribution is 5.99. The second-order valence-corrected chi connectivity index (χ2v) is 10.4. The predicted octanol–water partition coefficient (Wildman–Crippen LogP) is 10.7. The van der Waals surface area contributed by atoms with Crippen molar-refractivity contribution >= 4 is 17.4 Å². The molecule has 200 valence electrons. The topological polar surface area (TPSA) is 41.1 Å². The van der Waals surface area contributed by atoms with Gasteiger partial charge in [0.2, 0.25) is 0 Å². The molecule has 2 N–H and O–H groups in total. The van der Waals surface area contributed by atoms with E-state index in [9.17, 15) is 4.79 Å². The van der Waals surface area contributed by atoms with Crippen molar-refractivity contribution in [2.24, 2.45) is 0 Å². The highest BCUT2D eigenvalue weighted by Gasteiger charge is 2.04. The van der Waals surface area contributed by atoms with Gasteiger partial charge in [0.25, 0.3) is 0 Å². The first-order valence-corrected chi connectivity index (χ1v) is 15.0. The lowest BCUT2D eigenvalue weighted by atomic mass is 10.0. The zero-order valence-electron chi connectivity index (χ0n) is 23.3. The van der Waals surface area contributed by atoms with Crippen molar-refractivity contribution in [2.75, 3.05) is 10.6 Å². The van der Waals surface area contributed by atoms with Gasteiger partial charge in [-0.15, -0.1) is 0 Å². The summed E-state index contributed by atoms with van der Waals surface area (Å²) in [6.07, 6.45) is 23.8. The molecule has 2 amide bonds. The van der Waals surface area contributed by atoms with Crippen LogP contribution >= 0.6 is 0 Å². The number of hydrogen-bond acceptors (Lipinski definition) is 1. The molecule has 0 bridgehead atoms. The fraction of sp³-hybridized carbons (Fsp3) is 0.606. The molecule has 2 rings (SSSR count). The number of anilines is 2. The van der Waals surface area contributed by atoms with Gasteiger partial charge in [0.1, 0.15) is 0 Å². The quantitative estimate of drug-likeness (QED) is 0.177. The van der Waals surface area contributed by atoms with Crippen LogP contribution in [0, 0.1) is 0 Å². The average molecular weight is 493 g/mol. The molecule has 2 aromatic carbocycles. The summed E-state index contributed by atoms with van der Waals surface area (Å²) in [7, 11) is 0. The number of benzene rings is 2. The second-order valence-electron chi connectivity index (χ2n) is 10.4. The maximum atomic E-state index is 12.4. The molecule has 0 aliphatic rings. The summed E-state index contributed by atoms with van der Waals surface area (Å²) in [5.41, 5.74) is 4.36. The minimum atomic E-state index is -0.193. The lowest BCUT2D eigenvalue weighted by Crippen LogP contribution is -2.19. The van der Waals surface area contributed by atoms with Crippen LogP contribution in [0.5, 0.6) is 0 Å². The number of urea groups is 1. The maximum Gasteiger partial charge on any atom is 0.323 e. The van der Waals surface area contributed by atoms with Crippen LogP contribution in [0.2, 0.25) is 0 Å². The van der Waals surface area contributed by atoms with Gasteiger partial charge in [0, 0.05) is 11.4 Å². The Bertz CT molecular complexity index is 730. The Labute approximate surface area is 221 Å². The number of rotatable bonds is 20. The molecule has 36 heavy (non-hydrogen) atoms. The van der Waals surface area contributed by atoms with Crippen molar-refractivity contribution in [1.29, 1.82) is 0 Å². The van der Waals surface area contributed by atoms with E-state index in [0.717, 1.165) is 24.2 Å². The van der Waals surface area contributed by atoms with Crippen molar-refractivity contribution < 1.29 is 4.79 Å². The normalized spacial score (nSPS) is 10.9. The van der Waals surface area contributed by atoms with Crippen molar-refractivity contribution in [3.8, 4) is 0 Å². The van der Waals surface area contributed by atoms with Crippen molar-refractivity contribution in [1.82, 2.24) is 0 Å². The summed E-state index contributed by atoms with van der Waals surface area (Å²) in [6.45, 7) is 4.54. The number of hydrogen-bond donors (Lipinski definition) is 2. The third-order valence-electron chi connectivity index (χ3n) is 7.06. The lowest BCUT2D eigenvalue weighted by molar-refractivity contribution is 0.262. The summed E-state index contributed by atoms with van der Waals surface area (Å²) in [5.74, 6) is 0. The number of unbranched alkanes of at least 4 members (excludes halogenated alkanes) is 14. The standard InChI is InChI=1S/C33H52N2O/c1-3-5-7-9-11-13-15-17-19-29-21-25-31(26-22-29)34-33(36)35-32-27-23-30(24-28-32)20-18-16-14-12-10-8-6-4-2/h21-28H,3-20H2,1-2H3,(H2,34,35,36). The van der Waals surface area contributed by atoms with E-state index in [4.69, 9.17) is 0 Å². The first-order valence-electron chi connectivity index (χ1n) is 15.0. The Morgan fingerprint density at radius 1 is 0.472 bits per heavy atom. The van der Waals surface area contributed by atoms with E-state index in [1.54, 1.807) is 0 Å². The van der Waals surface area contributed by atoms with Crippen molar-refractivity contribution in [3.63, 3.8) is 0 Å². The number of nitrogens with one attached hydrogen (secondary N) is 2. The van der Waals surface area contributed by atoms with E-state index in [-0.39, 0.29) is 6.03 Å². The Morgan fingerprint density at radius 2 is 0.778 bits per heavy atom. The van der Waals surface area contributed by atoms with Crippen molar-refractivity contribution in [3.05, 3.63) is 59.7 Å². The number of carbonyl (C=O) groups is 1. The molecule has 0 aromatic heterocycles. The first-order chi connectivity index (χ1) is 17.7. The molecule has 0 unspecified atom stereocenters. The highest BCUT2D eigenvalue weighted by atomic mass is 16.2. The summed E-state index contributed by atoms with van der Waals surface area (Å²) >= 11 is 0. The van der Waals surface area contributed by atoms with Gasteiger partial charge in [0.05, 0.1) is 0 Å². The van der Waals surface area contributed by atoms with Crippen LogP contribution in [0.1, 0.15) is 128 Å². The van der Waals surface area contributed by atoms with Gasteiger partial charge >= 0.3 is 6.03 Å². The Kier molecular flexibility index (Phi) is 16.5. The molecular weight excluding hydrogens is 440 g/mol. The molecule has 0 atom stereocenters. The molecule has 0 aliphatic heterocycles. The predicted molar refractivity (Wildman–Crippen MR) is 158 cm³/mol. The lowest BCUT2D eigenvalue weighted by Gasteiger charge is -2.09. The fourth-order valence-corrected chi connectivity index (χ4v) is 4.73. The van der Waals surface area contributed by atoms with Gasteiger partial charge in [-0.3, -0.25) is 0 Å². The second kappa shape index (κ2) is 19.8. The highest BCUT2D eigenvalue weighted by Crippen LogP contribution is 2.17. The van der Waals surface area contributed by atoms with Gasteiger partial charge in [-0.1, -0.05) is 128 Å². The van der Waals surface area contributed by atoms with Gasteiger partial charge in [-0.25, -0.2) is 4.79 Å². The van der Waals surface area contributed by atoms with E-state index in [2.05, 4.69) is 48.7 Å². The Balaban J connectivity index is 1.58. The Hall–Kier alpha value is -2.29. The molecule has 0 heterocycles. The van der Waals surface area contributed by atoms with E-state index < -0.39 is 0 Å². The van der Waals surface area contributed by atoms with E-state index in [1.807, 2.05) is 24.3 Å². The molecule has 0 radical (unpaired) electrons. The third kappa shape index (κ3) is 14.3. The third-order valence-corrected chi connectivity index (χ3v) is 7.06. The zero-order chi connectivity index (χ0) is 25.7. The first kappa shape index (κ1) is 29.9. The molecular formula is C33H52N2O. The molecule has 3 heteroatoms. The minimum Gasteiger partial charge on any atom is -0.308 e. The fourth-order valence-electron chi connectivity index (χ4n) is 4.73. The molecule has 2 aromatic rings. The van der Waals surface area contributed by atoms with E-state index in [0.29, 0.717) is 0 Å². The van der Waals surface area contributed by atoms with Gasteiger partial charge in [-0.2, -0.15) is 0 Å².